The Balaban J connectivity index is 2.31. The molecule has 1 saturated carbocycles. The van der Waals surface area contributed by atoms with Crippen molar-refractivity contribution in [3.8, 4) is 0 Å². The molecule has 0 bridgehead atoms. The summed E-state index contributed by atoms with van der Waals surface area (Å²) in [5.41, 5.74) is 3.29. The van der Waals surface area contributed by atoms with Gasteiger partial charge in [0.15, 0.2) is 5.65 Å². The summed E-state index contributed by atoms with van der Waals surface area (Å²) in [6.45, 7) is 2.02. The van der Waals surface area contributed by atoms with Crippen LogP contribution in [0.5, 0.6) is 0 Å². The number of aryl methyl sites for hydroxylation is 1. The zero-order chi connectivity index (χ0) is 8.84. The molecule has 3 rings (SSSR count). The molecule has 1 aliphatic carbocycles. The fraction of sp³-hybridized carbons (Fsp3) is 0.400. The molecule has 3 nitrogen and oxygen atoms in total. The Morgan fingerprint density at radius 3 is 3.08 bits per heavy atom. The number of aromatic nitrogens is 3. The molecular weight excluding hydrogens is 162 g/mol. The first kappa shape index (κ1) is 7.06. The summed E-state index contributed by atoms with van der Waals surface area (Å²) >= 11 is 0. The minimum atomic E-state index is 0.672. The molecule has 2 aromatic rings. The van der Waals surface area contributed by atoms with Gasteiger partial charge in [-0.1, -0.05) is 0 Å². The van der Waals surface area contributed by atoms with E-state index in [9.17, 15) is 0 Å². The SMILES string of the molecule is Cc1cn2ccnc(C3CC3)c2n1. The van der Waals surface area contributed by atoms with Gasteiger partial charge in [0, 0.05) is 24.5 Å². The smallest absolute Gasteiger partial charge is 0.159 e. The van der Waals surface area contributed by atoms with Crippen molar-refractivity contribution in [2.45, 2.75) is 25.7 Å². The first-order valence-electron chi connectivity index (χ1n) is 4.65. The number of nitrogens with zero attached hydrogens (tertiary/aromatic N) is 3. The van der Waals surface area contributed by atoms with Crippen LogP contribution in [-0.2, 0) is 0 Å². The third-order valence-electron chi connectivity index (χ3n) is 2.49. The van der Waals surface area contributed by atoms with Crippen LogP contribution in [-0.4, -0.2) is 14.4 Å². The van der Waals surface area contributed by atoms with Crippen molar-refractivity contribution in [3.05, 3.63) is 30.0 Å². The summed E-state index contributed by atoms with van der Waals surface area (Å²) in [7, 11) is 0. The number of hydrogen-bond donors (Lipinski definition) is 0. The van der Waals surface area contributed by atoms with Crippen LogP contribution < -0.4 is 0 Å². The second-order valence-electron chi connectivity index (χ2n) is 3.70. The molecule has 2 aromatic heterocycles. The molecule has 0 spiro atoms. The van der Waals surface area contributed by atoms with Crippen LogP contribution in [0.2, 0.25) is 0 Å². The van der Waals surface area contributed by atoms with E-state index in [1.165, 1.54) is 18.5 Å². The van der Waals surface area contributed by atoms with Crippen molar-refractivity contribution < 1.29 is 0 Å². The van der Waals surface area contributed by atoms with Crippen molar-refractivity contribution in [3.63, 3.8) is 0 Å². The van der Waals surface area contributed by atoms with Gasteiger partial charge in [-0.15, -0.1) is 0 Å². The molecule has 0 aromatic carbocycles. The molecule has 1 aliphatic rings. The first-order chi connectivity index (χ1) is 6.34. The predicted molar refractivity (Wildman–Crippen MR) is 49.7 cm³/mol. The maximum atomic E-state index is 4.47. The maximum absolute atomic E-state index is 4.47. The fourth-order valence-corrected chi connectivity index (χ4v) is 1.71. The average molecular weight is 173 g/mol. The van der Waals surface area contributed by atoms with Gasteiger partial charge in [-0.25, -0.2) is 4.98 Å². The van der Waals surface area contributed by atoms with Crippen molar-refractivity contribution in [2.75, 3.05) is 0 Å². The Hall–Kier alpha value is -1.38. The van der Waals surface area contributed by atoms with Gasteiger partial charge >= 0.3 is 0 Å². The maximum Gasteiger partial charge on any atom is 0.159 e. The lowest BCUT2D eigenvalue weighted by Gasteiger charge is -1.98. The molecule has 0 amide bonds. The normalized spacial score (nSPS) is 16.7. The minimum Gasteiger partial charge on any atom is -0.304 e. The van der Waals surface area contributed by atoms with Gasteiger partial charge in [0.25, 0.3) is 0 Å². The summed E-state index contributed by atoms with van der Waals surface area (Å²) < 4.78 is 2.07. The molecular formula is C10H11N3. The van der Waals surface area contributed by atoms with Crippen LogP contribution in [0.4, 0.5) is 0 Å². The Morgan fingerprint density at radius 1 is 1.46 bits per heavy atom. The zero-order valence-electron chi connectivity index (χ0n) is 7.57. The van der Waals surface area contributed by atoms with Crippen molar-refractivity contribution in [1.82, 2.24) is 14.4 Å². The highest BCUT2D eigenvalue weighted by Gasteiger charge is 2.27. The molecule has 1 fully saturated rings. The van der Waals surface area contributed by atoms with Crippen LogP contribution >= 0.6 is 0 Å². The second-order valence-corrected chi connectivity index (χ2v) is 3.70. The van der Waals surface area contributed by atoms with E-state index in [-0.39, 0.29) is 0 Å². The van der Waals surface area contributed by atoms with Gasteiger partial charge in [0.1, 0.15) is 0 Å². The van der Waals surface area contributed by atoms with Gasteiger partial charge in [-0.3, -0.25) is 4.98 Å². The Bertz CT molecular complexity index is 454. The van der Waals surface area contributed by atoms with Crippen LogP contribution in [0.3, 0.4) is 0 Å². The second kappa shape index (κ2) is 2.31. The number of rotatable bonds is 1. The summed E-state index contributed by atoms with van der Waals surface area (Å²) in [6.07, 6.45) is 8.42. The van der Waals surface area contributed by atoms with Crippen LogP contribution in [0, 0.1) is 6.92 Å². The molecule has 0 saturated heterocycles. The molecule has 0 unspecified atom stereocenters. The summed E-state index contributed by atoms with van der Waals surface area (Å²) in [5.74, 6) is 0.672. The summed E-state index contributed by atoms with van der Waals surface area (Å²) in [4.78, 5) is 8.87. The zero-order valence-corrected chi connectivity index (χ0v) is 7.57. The van der Waals surface area contributed by atoms with Gasteiger partial charge in [0.05, 0.1) is 11.4 Å². The van der Waals surface area contributed by atoms with E-state index in [2.05, 4.69) is 14.4 Å². The number of hydrogen-bond acceptors (Lipinski definition) is 2. The van der Waals surface area contributed by atoms with E-state index in [0.717, 1.165) is 11.3 Å². The molecule has 2 heterocycles. The van der Waals surface area contributed by atoms with Gasteiger partial charge in [-0.2, -0.15) is 0 Å². The largest absolute Gasteiger partial charge is 0.304 e. The molecule has 0 radical (unpaired) electrons. The van der Waals surface area contributed by atoms with Crippen molar-refractivity contribution >= 4 is 5.65 Å². The quantitative estimate of drug-likeness (QED) is 0.659. The fourth-order valence-electron chi connectivity index (χ4n) is 1.71. The highest BCUT2D eigenvalue weighted by atomic mass is 15.0. The van der Waals surface area contributed by atoms with Crippen molar-refractivity contribution in [2.24, 2.45) is 0 Å². The molecule has 0 N–H and O–H groups in total. The molecule has 0 aliphatic heterocycles. The Morgan fingerprint density at radius 2 is 2.31 bits per heavy atom. The lowest BCUT2D eigenvalue weighted by atomic mass is 10.3. The highest BCUT2D eigenvalue weighted by Crippen LogP contribution is 2.40. The van der Waals surface area contributed by atoms with E-state index >= 15 is 0 Å². The summed E-state index contributed by atoms with van der Waals surface area (Å²) in [6, 6.07) is 0. The number of fused-ring (bicyclic) bond motifs is 1. The monoisotopic (exact) mass is 173 g/mol. The van der Waals surface area contributed by atoms with E-state index in [1.807, 2.05) is 25.5 Å². The standard InChI is InChI=1S/C10H11N3/c1-7-6-13-5-4-11-9(8-2-3-8)10(13)12-7/h4-6,8H,2-3H2,1H3. The third kappa shape index (κ3) is 1.03. The van der Waals surface area contributed by atoms with E-state index in [0.29, 0.717) is 5.92 Å². The lowest BCUT2D eigenvalue weighted by Crippen LogP contribution is -1.92. The first-order valence-corrected chi connectivity index (χ1v) is 4.65. The van der Waals surface area contributed by atoms with Gasteiger partial charge in [0.2, 0.25) is 0 Å². The Labute approximate surface area is 76.4 Å². The van der Waals surface area contributed by atoms with Crippen LogP contribution in [0.15, 0.2) is 18.6 Å². The minimum absolute atomic E-state index is 0.672. The van der Waals surface area contributed by atoms with Crippen molar-refractivity contribution in [1.29, 1.82) is 0 Å². The predicted octanol–water partition coefficient (Wildman–Crippen LogP) is 1.92. The van der Waals surface area contributed by atoms with Gasteiger partial charge < -0.3 is 4.40 Å². The Kier molecular flexibility index (Phi) is 1.26. The topological polar surface area (TPSA) is 30.2 Å². The third-order valence-corrected chi connectivity index (χ3v) is 2.49. The van der Waals surface area contributed by atoms with E-state index in [4.69, 9.17) is 0 Å². The van der Waals surface area contributed by atoms with Crippen LogP contribution in [0.25, 0.3) is 5.65 Å². The summed E-state index contributed by atoms with van der Waals surface area (Å²) in [5, 5.41) is 0. The molecule has 13 heavy (non-hydrogen) atoms. The van der Waals surface area contributed by atoms with Gasteiger partial charge in [-0.05, 0) is 19.8 Å². The average Bonchev–Trinajstić information content (AvgIpc) is 2.86. The highest BCUT2D eigenvalue weighted by molar-refractivity contribution is 5.48. The molecule has 66 valence electrons. The van der Waals surface area contributed by atoms with E-state index in [1.54, 1.807) is 0 Å². The lowest BCUT2D eigenvalue weighted by molar-refractivity contribution is 0.983. The van der Waals surface area contributed by atoms with Crippen LogP contribution in [0.1, 0.15) is 30.1 Å². The molecule has 0 atom stereocenters. The molecule has 3 heteroatoms. The number of imidazole rings is 1. The van der Waals surface area contributed by atoms with E-state index < -0.39 is 0 Å².